The maximum Gasteiger partial charge on any atom is 0.226 e. The third kappa shape index (κ3) is 3.42. The van der Waals surface area contributed by atoms with Crippen molar-refractivity contribution in [3.63, 3.8) is 0 Å². The molecule has 0 unspecified atom stereocenters. The van der Waals surface area contributed by atoms with Gasteiger partial charge in [0.25, 0.3) is 0 Å². The second kappa shape index (κ2) is 6.36. The number of aromatic nitrogens is 2. The summed E-state index contributed by atoms with van der Waals surface area (Å²) in [6.45, 7) is 0.0441. The minimum absolute atomic E-state index is 0.0208. The van der Waals surface area contributed by atoms with Gasteiger partial charge in [0.15, 0.2) is 0 Å². The number of benzene rings is 1. The van der Waals surface area contributed by atoms with E-state index in [2.05, 4.69) is 15.5 Å². The van der Waals surface area contributed by atoms with Gasteiger partial charge in [0.05, 0.1) is 11.6 Å². The zero-order valence-electron chi connectivity index (χ0n) is 17.2. The predicted octanol–water partition coefficient (Wildman–Crippen LogP) is 4.11. The van der Waals surface area contributed by atoms with Gasteiger partial charge < -0.3 is 19.6 Å². The van der Waals surface area contributed by atoms with Crippen molar-refractivity contribution in [2.24, 2.45) is 5.41 Å². The molecule has 1 fully saturated rings. The molecule has 0 saturated heterocycles. The van der Waals surface area contributed by atoms with E-state index in [4.69, 9.17) is 25.0 Å². The van der Waals surface area contributed by atoms with E-state index in [1.165, 1.54) is 6.07 Å². The van der Waals surface area contributed by atoms with Crippen LogP contribution >= 0.6 is 11.6 Å². The van der Waals surface area contributed by atoms with Crippen LogP contribution in [0, 0.1) is 12.3 Å². The zero-order valence-corrected chi connectivity index (χ0v) is 14.9. The molecule has 0 radical (unpaired) electrons. The van der Waals surface area contributed by atoms with E-state index < -0.39 is 6.85 Å². The first-order chi connectivity index (χ1) is 13.6. The fourth-order valence-corrected chi connectivity index (χ4v) is 2.96. The number of aromatic amines is 1. The molecule has 1 aromatic carbocycles. The number of carbonyl (C=O) groups is 1. The highest BCUT2D eigenvalue weighted by atomic mass is 35.5. The van der Waals surface area contributed by atoms with E-state index in [1.807, 2.05) is 13.0 Å². The van der Waals surface area contributed by atoms with Gasteiger partial charge in [-0.15, -0.1) is 0 Å². The average molecular weight is 377 g/mol. The van der Waals surface area contributed by atoms with E-state index in [0.29, 0.717) is 23.0 Å². The molecule has 7 heteroatoms. The number of fused-ring (bicyclic) bond motifs is 1. The number of nitrogens with one attached hydrogen (secondary N) is 2. The number of ether oxygens (including phenoxy) is 1. The highest BCUT2D eigenvalue weighted by Gasteiger charge is 2.44. The third-order valence-electron chi connectivity index (χ3n) is 4.65. The summed E-state index contributed by atoms with van der Waals surface area (Å²) < 4.78 is 32.5. The Balaban J connectivity index is 1.44. The molecule has 0 bridgehead atoms. The highest BCUT2D eigenvalue weighted by Crippen LogP contribution is 2.45. The molecule has 6 nitrogen and oxygen atoms in total. The summed E-state index contributed by atoms with van der Waals surface area (Å²) in [6.07, 6.45) is 1.86. The Kier molecular flexibility index (Phi) is 3.35. The van der Waals surface area contributed by atoms with Crippen molar-refractivity contribution in [3.05, 3.63) is 46.4 Å². The number of rotatable bonds is 6. The molecule has 0 spiro atoms. The molecule has 1 saturated carbocycles. The van der Waals surface area contributed by atoms with E-state index >= 15 is 0 Å². The summed E-state index contributed by atoms with van der Waals surface area (Å²) in [4.78, 5) is 15.3. The Morgan fingerprint density at radius 1 is 1.46 bits per heavy atom. The summed E-state index contributed by atoms with van der Waals surface area (Å²) in [5.74, 6) is 0.316. The number of halogens is 1. The molecule has 0 atom stereocenters. The number of amides is 1. The number of hydrogen-bond donors (Lipinski definition) is 2. The Morgan fingerprint density at radius 3 is 3.04 bits per heavy atom. The molecule has 2 aromatic heterocycles. The van der Waals surface area contributed by atoms with Crippen molar-refractivity contribution in [1.29, 1.82) is 0 Å². The van der Waals surface area contributed by atoms with Crippen molar-refractivity contribution < 1.29 is 18.2 Å². The number of carbonyl (C=O) groups excluding carboxylic acids is 1. The molecular weight excluding hydrogens is 354 g/mol. The Morgan fingerprint density at radius 2 is 2.31 bits per heavy atom. The largest absolute Gasteiger partial charge is 0.486 e. The first-order valence-corrected chi connectivity index (χ1v) is 8.70. The highest BCUT2D eigenvalue weighted by molar-refractivity contribution is 6.32. The molecule has 26 heavy (non-hydrogen) atoms. The maximum atomic E-state index is 12.1. The van der Waals surface area contributed by atoms with Gasteiger partial charge in [-0.25, -0.2) is 0 Å². The molecule has 1 aliphatic carbocycles. The second-order valence-corrected chi connectivity index (χ2v) is 7.29. The molecule has 3 aromatic rings. The van der Waals surface area contributed by atoms with Crippen LogP contribution in [0.5, 0.6) is 5.75 Å². The second-order valence-electron chi connectivity index (χ2n) is 6.88. The van der Waals surface area contributed by atoms with Crippen molar-refractivity contribution in [3.8, 4) is 5.75 Å². The Hall–Kier alpha value is -2.47. The maximum absolute atomic E-state index is 12.1. The standard InChI is InChI=1S/C19H20ClN3O3/c1-11-5-14(23-26-11)10-25-17-8-16-12(7-15(17)20)6-13(22-16)9-21-18(24)19(2)3-4-19/h5-8,22H,3-4,9-10H2,1-2H3,(H,21,24)/i1D3. The summed E-state index contributed by atoms with van der Waals surface area (Å²) in [5, 5.41) is 7.97. The topological polar surface area (TPSA) is 80.1 Å². The summed E-state index contributed by atoms with van der Waals surface area (Å²) in [5.41, 5.74) is 1.83. The fraction of sp³-hybridized carbons (Fsp3) is 0.368. The van der Waals surface area contributed by atoms with Gasteiger partial charge in [-0.1, -0.05) is 23.7 Å². The van der Waals surface area contributed by atoms with Crippen LogP contribution in [0.4, 0.5) is 0 Å². The van der Waals surface area contributed by atoms with Crippen molar-refractivity contribution in [2.75, 3.05) is 0 Å². The number of nitrogens with zero attached hydrogens (tertiary/aromatic N) is 1. The van der Waals surface area contributed by atoms with Crippen LogP contribution in [0.25, 0.3) is 10.9 Å². The van der Waals surface area contributed by atoms with Gasteiger partial charge in [0.2, 0.25) is 5.91 Å². The van der Waals surface area contributed by atoms with Gasteiger partial charge in [-0.05, 0) is 31.8 Å². The lowest BCUT2D eigenvalue weighted by atomic mass is 10.1. The number of H-pyrrole nitrogens is 1. The number of aryl methyl sites for hydroxylation is 1. The molecule has 2 N–H and O–H groups in total. The minimum atomic E-state index is -2.35. The van der Waals surface area contributed by atoms with E-state index in [1.54, 1.807) is 12.1 Å². The predicted molar refractivity (Wildman–Crippen MR) is 98.1 cm³/mol. The molecule has 2 heterocycles. The van der Waals surface area contributed by atoms with Crippen LogP contribution in [-0.4, -0.2) is 16.0 Å². The van der Waals surface area contributed by atoms with Crippen molar-refractivity contribution >= 4 is 28.4 Å². The SMILES string of the molecule is [2H]C([2H])([2H])c1cc(COc2cc3[nH]c(CNC(=O)C4(C)CC4)cc3cc2Cl)no1. The zero-order chi connectivity index (χ0) is 20.8. The first-order valence-electron chi connectivity index (χ1n) is 9.82. The van der Waals surface area contributed by atoms with Crippen LogP contribution in [0.3, 0.4) is 0 Å². The van der Waals surface area contributed by atoms with Gasteiger partial charge >= 0.3 is 0 Å². The van der Waals surface area contributed by atoms with E-state index in [0.717, 1.165) is 29.4 Å². The molecule has 136 valence electrons. The van der Waals surface area contributed by atoms with Gasteiger partial charge in [-0.3, -0.25) is 4.79 Å². The van der Waals surface area contributed by atoms with Gasteiger partial charge in [0, 0.05) is 38.3 Å². The van der Waals surface area contributed by atoms with Gasteiger partial charge in [-0.2, -0.15) is 0 Å². The van der Waals surface area contributed by atoms with Crippen LogP contribution in [0.15, 0.2) is 28.8 Å². The van der Waals surface area contributed by atoms with Crippen LogP contribution in [0.2, 0.25) is 5.02 Å². The van der Waals surface area contributed by atoms with Crippen molar-refractivity contribution in [2.45, 2.75) is 39.8 Å². The third-order valence-corrected chi connectivity index (χ3v) is 4.95. The molecule has 4 rings (SSSR count). The lowest BCUT2D eigenvalue weighted by Gasteiger charge is -2.08. The molecule has 0 aliphatic heterocycles. The average Bonchev–Trinajstić information content (AvgIpc) is 3.07. The summed E-state index contributed by atoms with van der Waals surface area (Å²) in [6, 6.07) is 6.80. The normalized spacial score (nSPS) is 17.4. The van der Waals surface area contributed by atoms with Gasteiger partial charge in [0.1, 0.15) is 23.8 Å². The Bertz CT molecular complexity index is 1070. The lowest BCUT2D eigenvalue weighted by Crippen LogP contribution is -2.29. The Labute approximate surface area is 160 Å². The molecule has 1 amide bonds. The summed E-state index contributed by atoms with van der Waals surface area (Å²) >= 11 is 6.31. The van der Waals surface area contributed by atoms with Crippen molar-refractivity contribution in [1.82, 2.24) is 15.5 Å². The van der Waals surface area contributed by atoms with E-state index in [-0.39, 0.29) is 23.7 Å². The fourth-order valence-electron chi connectivity index (χ4n) is 2.73. The van der Waals surface area contributed by atoms with E-state index in [9.17, 15) is 4.79 Å². The number of hydrogen-bond acceptors (Lipinski definition) is 4. The van der Waals surface area contributed by atoms with Crippen LogP contribution in [0.1, 0.15) is 41.0 Å². The lowest BCUT2D eigenvalue weighted by molar-refractivity contribution is -0.125. The van der Waals surface area contributed by atoms with Crippen LogP contribution in [-0.2, 0) is 17.9 Å². The first kappa shape index (κ1) is 13.7. The minimum Gasteiger partial charge on any atom is -0.486 e. The molecule has 1 aliphatic rings. The smallest absolute Gasteiger partial charge is 0.226 e. The summed E-state index contributed by atoms with van der Waals surface area (Å²) in [7, 11) is 0. The van der Waals surface area contributed by atoms with Crippen LogP contribution < -0.4 is 10.1 Å². The quantitative estimate of drug-likeness (QED) is 0.678. The monoisotopic (exact) mass is 376 g/mol. The molecular formula is C19H20ClN3O3.